The monoisotopic (exact) mass is 128 g/mol. The van der Waals surface area contributed by atoms with Crippen LogP contribution in [0.3, 0.4) is 0 Å². The summed E-state index contributed by atoms with van der Waals surface area (Å²) in [7, 11) is 0. The molecule has 0 atom stereocenters. The Labute approximate surface area is 52.5 Å². The van der Waals surface area contributed by atoms with E-state index < -0.39 is 5.97 Å². The fourth-order valence-corrected chi connectivity index (χ4v) is 0.638. The summed E-state index contributed by atoms with van der Waals surface area (Å²) >= 11 is 0. The Hall–Kier alpha value is -1.03. The van der Waals surface area contributed by atoms with Crippen LogP contribution in [0.15, 0.2) is 11.8 Å². The van der Waals surface area contributed by atoms with Crippen LogP contribution in [-0.2, 0) is 4.79 Å². The zero-order chi connectivity index (χ0) is 6.69. The Balaban J connectivity index is 2.57. The zero-order valence-electron chi connectivity index (χ0n) is 4.85. The number of hydrazine groups is 1. The van der Waals surface area contributed by atoms with Crippen LogP contribution >= 0.6 is 0 Å². The van der Waals surface area contributed by atoms with E-state index in [1.54, 1.807) is 6.08 Å². The van der Waals surface area contributed by atoms with Crippen LogP contribution in [0, 0.1) is 0 Å². The van der Waals surface area contributed by atoms with Crippen molar-refractivity contribution in [2.24, 2.45) is 0 Å². The van der Waals surface area contributed by atoms with E-state index in [0.29, 0.717) is 0 Å². The Kier molecular flexibility index (Phi) is 1.69. The third-order valence-electron chi connectivity index (χ3n) is 1.07. The molecule has 0 bridgehead atoms. The molecule has 3 N–H and O–H groups in total. The second-order valence-corrected chi connectivity index (χ2v) is 1.76. The van der Waals surface area contributed by atoms with E-state index in [-0.39, 0.29) is 5.70 Å². The van der Waals surface area contributed by atoms with Crippen molar-refractivity contribution in [3.63, 3.8) is 0 Å². The third kappa shape index (κ3) is 1.43. The van der Waals surface area contributed by atoms with Gasteiger partial charge in [0.1, 0.15) is 5.70 Å². The predicted molar refractivity (Wildman–Crippen MR) is 31.5 cm³/mol. The molecule has 9 heavy (non-hydrogen) atoms. The maximum absolute atomic E-state index is 10.2. The Morgan fingerprint density at radius 1 is 1.78 bits per heavy atom. The minimum absolute atomic E-state index is 0.237. The molecule has 0 amide bonds. The van der Waals surface area contributed by atoms with Crippen LogP contribution in [0.1, 0.15) is 6.42 Å². The Bertz CT molecular complexity index is 153. The molecule has 0 fully saturated rings. The lowest BCUT2D eigenvalue weighted by Gasteiger charge is -2.12. The van der Waals surface area contributed by atoms with E-state index in [4.69, 9.17) is 5.11 Å². The van der Waals surface area contributed by atoms with Gasteiger partial charge in [0.25, 0.3) is 0 Å². The summed E-state index contributed by atoms with van der Waals surface area (Å²) in [5.74, 6) is -0.915. The first-order valence-electron chi connectivity index (χ1n) is 2.73. The summed E-state index contributed by atoms with van der Waals surface area (Å²) in [6.45, 7) is 0.788. The number of hydrogen-bond donors (Lipinski definition) is 3. The molecule has 50 valence electrons. The Morgan fingerprint density at radius 3 is 2.89 bits per heavy atom. The van der Waals surface area contributed by atoms with Gasteiger partial charge in [0, 0.05) is 6.54 Å². The number of nitrogens with one attached hydrogen (secondary N) is 2. The van der Waals surface area contributed by atoms with Gasteiger partial charge >= 0.3 is 5.97 Å². The van der Waals surface area contributed by atoms with Crippen molar-refractivity contribution in [3.8, 4) is 0 Å². The van der Waals surface area contributed by atoms with Crippen LogP contribution in [-0.4, -0.2) is 17.6 Å². The largest absolute Gasteiger partial charge is 0.477 e. The third-order valence-corrected chi connectivity index (χ3v) is 1.07. The van der Waals surface area contributed by atoms with Gasteiger partial charge in [-0.25, -0.2) is 10.2 Å². The van der Waals surface area contributed by atoms with E-state index in [1.807, 2.05) is 0 Å². The van der Waals surface area contributed by atoms with Gasteiger partial charge in [-0.05, 0) is 6.42 Å². The van der Waals surface area contributed by atoms with Gasteiger partial charge in [0.2, 0.25) is 0 Å². The molecule has 1 aliphatic rings. The topological polar surface area (TPSA) is 61.4 Å². The van der Waals surface area contributed by atoms with Crippen molar-refractivity contribution in [3.05, 3.63) is 11.8 Å². The number of hydrogen-bond acceptors (Lipinski definition) is 3. The van der Waals surface area contributed by atoms with Crippen molar-refractivity contribution >= 4 is 5.97 Å². The van der Waals surface area contributed by atoms with Crippen molar-refractivity contribution in [1.29, 1.82) is 0 Å². The second-order valence-electron chi connectivity index (χ2n) is 1.76. The minimum Gasteiger partial charge on any atom is -0.477 e. The van der Waals surface area contributed by atoms with Crippen molar-refractivity contribution in [2.45, 2.75) is 6.42 Å². The number of aliphatic carboxylic acids is 1. The van der Waals surface area contributed by atoms with E-state index in [1.165, 1.54) is 0 Å². The molecule has 0 aromatic rings. The van der Waals surface area contributed by atoms with E-state index >= 15 is 0 Å². The van der Waals surface area contributed by atoms with E-state index in [9.17, 15) is 4.79 Å². The van der Waals surface area contributed by atoms with Gasteiger partial charge in [-0.3, -0.25) is 0 Å². The lowest BCUT2D eigenvalue weighted by atomic mass is 10.3. The molecular formula is C5H8N2O2. The highest BCUT2D eigenvalue weighted by atomic mass is 16.4. The average molecular weight is 128 g/mol. The highest BCUT2D eigenvalue weighted by Gasteiger charge is 2.07. The van der Waals surface area contributed by atoms with Crippen LogP contribution in [0.2, 0.25) is 0 Å². The quantitative estimate of drug-likeness (QED) is 0.443. The van der Waals surface area contributed by atoms with Crippen LogP contribution < -0.4 is 10.9 Å². The fraction of sp³-hybridized carbons (Fsp3) is 0.400. The molecule has 0 unspecified atom stereocenters. The summed E-state index contributed by atoms with van der Waals surface area (Å²) in [6, 6.07) is 0. The van der Waals surface area contributed by atoms with Crippen molar-refractivity contribution < 1.29 is 9.90 Å². The van der Waals surface area contributed by atoms with Gasteiger partial charge in [-0.2, -0.15) is 0 Å². The summed E-state index contributed by atoms with van der Waals surface area (Å²) in [5.41, 5.74) is 5.48. The molecule has 4 nitrogen and oxygen atoms in total. The minimum atomic E-state index is -0.915. The van der Waals surface area contributed by atoms with E-state index in [2.05, 4.69) is 10.9 Å². The van der Waals surface area contributed by atoms with Crippen LogP contribution in [0.5, 0.6) is 0 Å². The lowest BCUT2D eigenvalue weighted by molar-refractivity contribution is -0.133. The highest BCUT2D eigenvalue weighted by Crippen LogP contribution is 1.94. The number of carbonyl (C=O) groups is 1. The van der Waals surface area contributed by atoms with Gasteiger partial charge in [-0.1, -0.05) is 6.08 Å². The Morgan fingerprint density at radius 2 is 2.56 bits per heavy atom. The maximum atomic E-state index is 10.2. The van der Waals surface area contributed by atoms with Crippen molar-refractivity contribution in [1.82, 2.24) is 10.9 Å². The van der Waals surface area contributed by atoms with Gasteiger partial charge in [0.05, 0.1) is 0 Å². The molecule has 1 rings (SSSR count). The molecule has 0 saturated carbocycles. The molecule has 4 heteroatoms. The molecule has 0 aliphatic carbocycles. The smallest absolute Gasteiger partial charge is 0.352 e. The summed E-state index contributed by atoms with van der Waals surface area (Å²) in [4.78, 5) is 10.2. The molecule has 0 saturated heterocycles. The lowest BCUT2D eigenvalue weighted by Crippen LogP contribution is -2.37. The molecule has 1 heterocycles. The average Bonchev–Trinajstić information content (AvgIpc) is 1.90. The first-order chi connectivity index (χ1) is 4.30. The van der Waals surface area contributed by atoms with Crippen LogP contribution in [0.25, 0.3) is 0 Å². The summed E-state index contributed by atoms with van der Waals surface area (Å²) in [5, 5.41) is 8.37. The normalized spacial score (nSPS) is 18.0. The molecule has 0 aromatic heterocycles. The van der Waals surface area contributed by atoms with Gasteiger partial charge in [-0.15, -0.1) is 0 Å². The van der Waals surface area contributed by atoms with Crippen LogP contribution in [0.4, 0.5) is 0 Å². The first kappa shape index (κ1) is 6.10. The number of rotatable bonds is 1. The maximum Gasteiger partial charge on any atom is 0.352 e. The zero-order valence-corrected chi connectivity index (χ0v) is 4.85. The predicted octanol–water partition coefficient (Wildman–Crippen LogP) is -0.547. The SMILES string of the molecule is O=C(O)C1=CCCNN1. The van der Waals surface area contributed by atoms with Crippen molar-refractivity contribution in [2.75, 3.05) is 6.54 Å². The van der Waals surface area contributed by atoms with Gasteiger partial charge < -0.3 is 10.5 Å². The summed E-state index contributed by atoms with van der Waals surface area (Å²) in [6.07, 6.45) is 2.42. The molecule has 1 aliphatic heterocycles. The fourth-order valence-electron chi connectivity index (χ4n) is 0.638. The summed E-state index contributed by atoms with van der Waals surface area (Å²) < 4.78 is 0. The van der Waals surface area contributed by atoms with Gasteiger partial charge in [0.15, 0.2) is 0 Å². The molecule has 0 spiro atoms. The standard InChI is InChI=1S/C5H8N2O2/c8-5(9)4-2-1-3-6-7-4/h2,6-7H,1,3H2,(H,8,9). The molecule has 0 aromatic carbocycles. The molecule has 0 radical (unpaired) electrons. The first-order valence-corrected chi connectivity index (χ1v) is 2.73. The van der Waals surface area contributed by atoms with E-state index in [0.717, 1.165) is 13.0 Å². The highest BCUT2D eigenvalue weighted by molar-refractivity contribution is 5.85. The number of carboxylic acids is 1. The second kappa shape index (κ2) is 2.50. The molecular weight excluding hydrogens is 120 g/mol. The number of carboxylic acid groups (broad SMARTS) is 1.